The summed E-state index contributed by atoms with van der Waals surface area (Å²) in [5, 5.41) is 2.31. The molecule has 1 atom stereocenters. The molecular weight excluding hydrogens is 404 g/mol. The van der Waals surface area contributed by atoms with Gasteiger partial charge >= 0.3 is 11.8 Å². The van der Waals surface area contributed by atoms with E-state index in [9.17, 15) is 19.2 Å². The molecule has 1 aliphatic rings. The quantitative estimate of drug-likeness (QED) is 0.294. The molecule has 0 spiro atoms. The number of benzene rings is 1. The Morgan fingerprint density at radius 1 is 1.29 bits per heavy atom. The van der Waals surface area contributed by atoms with Crippen LogP contribution in [0.1, 0.15) is 44.2 Å². The lowest BCUT2D eigenvalue weighted by Crippen LogP contribution is -2.44. The van der Waals surface area contributed by atoms with Gasteiger partial charge in [-0.3, -0.25) is 28.9 Å². The molecule has 1 N–H and O–H groups in total. The van der Waals surface area contributed by atoms with E-state index in [1.165, 1.54) is 14.0 Å². The van der Waals surface area contributed by atoms with Crippen LogP contribution in [0.4, 0.5) is 4.79 Å². The Morgan fingerprint density at radius 3 is 2.77 bits per heavy atom. The summed E-state index contributed by atoms with van der Waals surface area (Å²) in [5.41, 5.74) is 1.99. The molecule has 0 radical (unpaired) electrons. The van der Waals surface area contributed by atoms with Gasteiger partial charge in [-0.2, -0.15) is 4.89 Å². The van der Waals surface area contributed by atoms with Crippen molar-refractivity contribution in [2.75, 3.05) is 20.2 Å². The maximum absolute atomic E-state index is 12.9. The third kappa shape index (κ3) is 4.79. The first-order valence-corrected chi connectivity index (χ1v) is 10.4. The summed E-state index contributed by atoms with van der Waals surface area (Å²) < 4.78 is 2.98. The number of hydrogen-bond donors (Lipinski definition) is 1. The molecule has 10 heteroatoms. The predicted molar refractivity (Wildman–Crippen MR) is 112 cm³/mol. The van der Waals surface area contributed by atoms with E-state index >= 15 is 0 Å². The Bertz CT molecular complexity index is 1040. The highest BCUT2D eigenvalue weighted by Gasteiger charge is 2.31. The van der Waals surface area contributed by atoms with Gasteiger partial charge in [0.15, 0.2) is 0 Å². The number of nitrogens with zero attached hydrogens (tertiary/aromatic N) is 3. The van der Waals surface area contributed by atoms with Gasteiger partial charge in [-0.1, -0.05) is 19.1 Å². The van der Waals surface area contributed by atoms with E-state index in [0.29, 0.717) is 31.3 Å². The van der Waals surface area contributed by atoms with E-state index in [-0.39, 0.29) is 24.6 Å². The SMILES string of the molecule is CCCN(C)C(=O)OOCCCc1cccc2c1n(C)c(=O)n2C1CCC(=O)NC1=O. The number of carbonyl (C=O) groups is 3. The smallest absolute Gasteiger partial charge is 0.309 e. The standard InChI is InChI=1S/C21H28N4O6/c1-4-12-23(2)21(29)31-30-13-6-8-14-7-5-9-15-18(14)24(3)20(28)25(15)16-10-11-17(26)22-19(16)27/h5,7,9,16H,4,6,8,10-13H2,1-3H3,(H,22,26,27). The molecule has 2 heterocycles. The maximum atomic E-state index is 12.9. The average molecular weight is 432 g/mol. The van der Waals surface area contributed by atoms with Crippen LogP contribution >= 0.6 is 0 Å². The lowest BCUT2D eigenvalue weighted by Gasteiger charge is -2.21. The van der Waals surface area contributed by atoms with Crippen LogP contribution in [-0.2, 0) is 32.8 Å². The number of imidazole rings is 1. The average Bonchev–Trinajstić information content (AvgIpc) is 2.99. The lowest BCUT2D eigenvalue weighted by molar-refractivity contribution is -0.245. The molecule has 0 bridgehead atoms. The van der Waals surface area contributed by atoms with Gasteiger partial charge in [0, 0.05) is 27.1 Å². The molecule has 168 valence electrons. The predicted octanol–water partition coefficient (Wildman–Crippen LogP) is 1.66. The molecule has 0 saturated carbocycles. The Hall–Kier alpha value is -3.14. The number of amides is 3. The zero-order valence-corrected chi connectivity index (χ0v) is 18.1. The van der Waals surface area contributed by atoms with Crippen molar-refractivity contribution in [1.29, 1.82) is 0 Å². The van der Waals surface area contributed by atoms with E-state index in [4.69, 9.17) is 9.78 Å². The molecule has 0 aliphatic carbocycles. The minimum atomic E-state index is -0.716. The number of piperidine rings is 1. The van der Waals surface area contributed by atoms with Crippen LogP contribution in [-0.4, -0.2) is 52.1 Å². The molecule has 2 aromatic rings. The number of para-hydroxylation sites is 1. The molecule has 31 heavy (non-hydrogen) atoms. The molecule has 1 aromatic heterocycles. The first kappa shape index (κ1) is 22.5. The highest BCUT2D eigenvalue weighted by molar-refractivity contribution is 6.00. The number of nitrogens with one attached hydrogen (secondary N) is 1. The second kappa shape index (κ2) is 9.78. The van der Waals surface area contributed by atoms with E-state index in [0.717, 1.165) is 17.5 Å². The van der Waals surface area contributed by atoms with Gasteiger partial charge < -0.3 is 4.90 Å². The van der Waals surface area contributed by atoms with E-state index < -0.39 is 18.0 Å². The Labute approximate surface area is 179 Å². The van der Waals surface area contributed by atoms with Crippen molar-refractivity contribution in [1.82, 2.24) is 19.4 Å². The summed E-state index contributed by atoms with van der Waals surface area (Å²) in [4.78, 5) is 59.7. The zero-order chi connectivity index (χ0) is 22.5. The van der Waals surface area contributed by atoms with Crippen molar-refractivity contribution in [3.8, 4) is 0 Å². The first-order chi connectivity index (χ1) is 14.8. The monoisotopic (exact) mass is 432 g/mol. The summed E-state index contributed by atoms with van der Waals surface area (Å²) in [6.45, 7) is 2.76. The Morgan fingerprint density at radius 2 is 2.06 bits per heavy atom. The topological polar surface area (TPSA) is 112 Å². The summed E-state index contributed by atoms with van der Waals surface area (Å²) in [6.07, 6.45) is 1.94. The molecule has 1 fully saturated rings. The summed E-state index contributed by atoms with van der Waals surface area (Å²) in [7, 11) is 3.31. The number of imide groups is 1. The summed E-state index contributed by atoms with van der Waals surface area (Å²) in [5.74, 6) is -0.781. The van der Waals surface area contributed by atoms with Crippen molar-refractivity contribution in [3.63, 3.8) is 0 Å². The minimum Gasteiger partial charge on any atom is -0.309 e. The number of fused-ring (bicyclic) bond motifs is 1. The van der Waals surface area contributed by atoms with Crippen LogP contribution in [0, 0.1) is 0 Å². The second-order valence-corrected chi connectivity index (χ2v) is 7.66. The van der Waals surface area contributed by atoms with Crippen molar-refractivity contribution in [2.45, 2.75) is 45.1 Å². The molecule has 10 nitrogen and oxygen atoms in total. The minimum absolute atomic E-state index is 0.197. The van der Waals surface area contributed by atoms with Gasteiger partial charge in [0.2, 0.25) is 11.8 Å². The van der Waals surface area contributed by atoms with E-state index in [1.54, 1.807) is 20.2 Å². The van der Waals surface area contributed by atoms with Crippen LogP contribution in [0.2, 0.25) is 0 Å². The highest BCUT2D eigenvalue weighted by atomic mass is 17.2. The largest absolute Gasteiger partial charge is 0.441 e. The Balaban J connectivity index is 1.70. The second-order valence-electron chi connectivity index (χ2n) is 7.66. The summed E-state index contributed by atoms with van der Waals surface area (Å²) >= 11 is 0. The van der Waals surface area contributed by atoms with E-state index in [2.05, 4.69) is 5.32 Å². The normalized spacial score (nSPS) is 16.4. The lowest BCUT2D eigenvalue weighted by atomic mass is 10.0. The molecular formula is C21H28N4O6. The summed E-state index contributed by atoms with van der Waals surface area (Å²) in [6, 6.07) is 4.83. The van der Waals surface area contributed by atoms with Gasteiger partial charge in [0.1, 0.15) is 6.04 Å². The van der Waals surface area contributed by atoms with Gasteiger partial charge in [-0.15, -0.1) is 0 Å². The van der Waals surface area contributed by atoms with Crippen LogP contribution in [0.15, 0.2) is 23.0 Å². The fraction of sp³-hybridized carbons (Fsp3) is 0.524. The molecule has 1 aromatic carbocycles. The number of aryl methyl sites for hydroxylation is 2. The molecule has 1 aliphatic heterocycles. The number of rotatable bonds is 8. The fourth-order valence-corrected chi connectivity index (χ4v) is 3.86. The van der Waals surface area contributed by atoms with Crippen LogP contribution in [0.5, 0.6) is 0 Å². The fourth-order valence-electron chi connectivity index (χ4n) is 3.86. The van der Waals surface area contributed by atoms with Crippen molar-refractivity contribution >= 4 is 28.9 Å². The van der Waals surface area contributed by atoms with Crippen molar-refractivity contribution in [2.24, 2.45) is 7.05 Å². The van der Waals surface area contributed by atoms with Crippen molar-refractivity contribution in [3.05, 3.63) is 34.2 Å². The number of aromatic nitrogens is 2. The molecule has 1 unspecified atom stereocenters. The van der Waals surface area contributed by atoms with Crippen LogP contribution < -0.4 is 11.0 Å². The van der Waals surface area contributed by atoms with E-state index in [1.807, 2.05) is 19.1 Å². The third-order valence-electron chi connectivity index (χ3n) is 5.38. The van der Waals surface area contributed by atoms with Crippen LogP contribution in [0.25, 0.3) is 11.0 Å². The number of hydrogen-bond acceptors (Lipinski definition) is 6. The zero-order valence-electron chi connectivity index (χ0n) is 18.1. The molecule has 3 rings (SSSR count). The van der Waals surface area contributed by atoms with Crippen LogP contribution in [0.3, 0.4) is 0 Å². The third-order valence-corrected chi connectivity index (χ3v) is 5.38. The van der Waals surface area contributed by atoms with Crippen molar-refractivity contribution < 1.29 is 24.2 Å². The van der Waals surface area contributed by atoms with Gasteiger partial charge in [-0.25, -0.2) is 9.59 Å². The highest BCUT2D eigenvalue weighted by Crippen LogP contribution is 2.25. The number of carbonyl (C=O) groups excluding carboxylic acids is 3. The molecule has 1 saturated heterocycles. The Kier molecular flexibility index (Phi) is 7.11. The maximum Gasteiger partial charge on any atom is 0.441 e. The van der Waals surface area contributed by atoms with Gasteiger partial charge in [0.05, 0.1) is 17.6 Å². The van der Waals surface area contributed by atoms with Gasteiger partial charge in [0.25, 0.3) is 0 Å². The molecule has 3 amide bonds. The first-order valence-electron chi connectivity index (χ1n) is 10.4. The van der Waals surface area contributed by atoms with Gasteiger partial charge in [-0.05, 0) is 37.3 Å².